The molecule has 18 heavy (non-hydrogen) atoms. The second kappa shape index (κ2) is 22.1. The third-order valence-electron chi connectivity index (χ3n) is 3.10. The normalized spacial score (nSPS) is 10.0. The summed E-state index contributed by atoms with van der Waals surface area (Å²) in [7, 11) is 0. The lowest BCUT2D eigenvalue weighted by Gasteiger charge is -2.01. The van der Waals surface area contributed by atoms with E-state index < -0.39 is 0 Å². The van der Waals surface area contributed by atoms with Crippen molar-refractivity contribution in [3.8, 4) is 0 Å². The second-order valence-corrected chi connectivity index (χ2v) is 5.03. The average molecular weight is 259 g/mol. The van der Waals surface area contributed by atoms with Gasteiger partial charge in [-0.05, 0) is 12.8 Å². The monoisotopic (exact) mass is 259 g/mol. The Hall–Kier alpha value is -0.0800. The zero-order valence-corrected chi connectivity index (χ0v) is 13.0. The number of unbranched alkanes of at least 4 members (excludes halogenated alkanes) is 11. The summed E-state index contributed by atoms with van der Waals surface area (Å²) in [5.41, 5.74) is 3.87. The molecule has 0 aromatic heterocycles. The van der Waals surface area contributed by atoms with Crippen LogP contribution in [0.1, 0.15) is 90.9 Å². The minimum atomic E-state index is 0. The van der Waals surface area contributed by atoms with Crippen LogP contribution in [-0.4, -0.2) is 13.2 Å². The maximum absolute atomic E-state index is 8.93. The third-order valence-corrected chi connectivity index (χ3v) is 3.10. The number of quaternary nitrogens is 1. The Balaban J connectivity index is 0. The Morgan fingerprint density at radius 1 is 0.611 bits per heavy atom. The summed E-state index contributed by atoms with van der Waals surface area (Å²) < 4.78 is 0. The molecule has 2 heteroatoms. The molecule has 112 valence electrons. The van der Waals surface area contributed by atoms with Gasteiger partial charge in [0.15, 0.2) is 0 Å². The maximum atomic E-state index is 8.93. The summed E-state index contributed by atoms with van der Waals surface area (Å²) in [4.78, 5) is 0. The van der Waals surface area contributed by atoms with Gasteiger partial charge in [0.2, 0.25) is 0 Å². The Kier molecular flexibility index (Phi) is 24.9. The van der Waals surface area contributed by atoms with Crippen LogP contribution in [0.5, 0.6) is 0 Å². The molecule has 0 aliphatic heterocycles. The molecule has 0 rings (SSSR count). The van der Waals surface area contributed by atoms with Crippen molar-refractivity contribution in [1.29, 1.82) is 0 Å². The van der Waals surface area contributed by atoms with E-state index in [0.29, 0.717) is 0 Å². The highest BCUT2D eigenvalue weighted by molar-refractivity contribution is 4.47. The molecule has 0 aromatic carbocycles. The summed E-state index contributed by atoms with van der Waals surface area (Å²) >= 11 is 0. The maximum Gasteiger partial charge on any atom is 0.0739 e. The van der Waals surface area contributed by atoms with Crippen LogP contribution in [0.4, 0.5) is 0 Å². The molecule has 0 aliphatic rings. The number of hydrogen-bond donors (Lipinski definition) is 1. The molecule has 0 spiro atoms. The van der Waals surface area contributed by atoms with Crippen LogP contribution in [0.25, 0.3) is 0 Å². The molecule has 0 saturated carbocycles. The van der Waals surface area contributed by atoms with Crippen molar-refractivity contribution in [2.24, 2.45) is 0 Å². The highest BCUT2D eigenvalue weighted by Gasteiger charge is 1.92. The van der Waals surface area contributed by atoms with E-state index in [1.165, 1.54) is 77.0 Å². The van der Waals surface area contributed by atoms with Gasteiger partial charge in [0.05, 0.1) is 6.54 Å². The Morgan fingerprint density at radius 3 is 1.17 bits per heavy atom. The lowest BCUT2D eigenvalue weighted by molar-refractivity contribution is -0.368. The van der Waals surface area contributed by atoms with E-state index in [2.05, 4.69) is 12.7 Å². The molecule has 0 radical (unpaired) electrons. The van der Waals surface area contributed by atoms with Crippen LogP contribution in [-0.2, 0) is 0 Å². The van der Waals surface area contributed by atoms with Crippen LogP contribution >= 0.6 is 0 Å². The zero-order chi connectivity index (χ0) is 13.9. The van der Waals surface area contributed by atoms with Crippen LogP contribution in [0.3, 0.4) is 0 Å². The standard InChI is InChI=1S/C14H31N.C2H5O/c1-2-3-4-5-6-7-8-9-10-11-12-13-14-15;1-2-3/h2-15H2,1H3;2H2,1H3/q;-1/p+1. The fourth-order valence-electron chi connectivity index (χ4n) is 2.02. The van der Waals surface area contributed by atoms with Crippen molar-refractivity contribution in [3.63, 3.8) is 0 Å². The van der Waals surface area contributed by atoms with Crippen LogP contribution in [0.2, 0.25) is 0 Å². The van der Waals surface area contributed by atoms with E-state index in [1.807, 2.05) is 0 Å². The van der Waals surface area contributed by atoms with Gasteiger partial charge in [-0.15, -0.1) is 6.61 Å². The predicted octanol–water partition coefficient (Wildman–Crippen LogP) is 3.30. The first-order valence-corrected chi connectivity index (χ1v) is 8.20. The van der Waals surface area contributed by atoms with Gasteiger partial charge in [-0.3, -0.25) is 0 Å². The van der Waals surface area contributed by atoms with E-state index in [1.54, 1.807) is 6.92 Å². The van der Waals surface area contributed by atoms with Gasteiger partial charge >= 0.3 is 0 Å². The van der Waals surface area contributed by atoms with Gasteiger partial charge in [0.25, 0.3) is 0 Å². The molecular formula is C16H37NO. The van der Waals surface area contributed by atoms with Gasteiger partial charge < -0.3 is 10.8 Å². The summed E-state index contributed by atoms with van der Waals surface area (Å²) in [6.45, 7) is 4.98. The summed E-state index contributed by atoms with van der Waals surface area (Å²) in [6.07, 6.45) is 17.2. The largest absolute Gasteiger partial charge is 0.855 e. The first kappa shape index (κ1) is 20.2. The fraction of sp³-hybridized carbons (Fsp3) is 1.00. The lowest BCUT2D eigenvalue weighted by atomic mass is 10.1. The first-order chi connectivity index (χ1) is 8.83. The van der Waals surface area contributed by atoms with Gasteiger partial charge in [-0.1, -0.05) is 78.1 Å². The Labute approximate surface area is 115 Å². The molecule has 0 fully saturated rings. The van der Waals surface area contributed by atoms with E-state index >= 15 is 0 Å². The number of rotatable bonds is 12. The molecule has 2 nitrogen and oxygen atoms in total. The van der Waals surface area contributed by atoms with Crippen molar-refractivity contribution in [3.05, 3.63) is 0 Å². The number of hydrogen-bond acceptors (Lipinski definition) is 1. The minimum absolute atomic E-state index is 0. The molecule has 0 aliphatic carbocycles. The van der Waals surface area contributed by atoms with Crippen molar-refractivity contribution in [2.45, 2.75) is 90.9 Å². The minimum Gasteiger partial charge on any atom is -0.855 e. The molecule has 0 unspecified atom stereocenters. The quantitative estimate of drug-likeness (QED) is 0.537. The molecule has 0 atom stereocenters. The van der Waals surface area contributed by atoms with E-state index in [9.17, 15) is 0 Å². The molecular weight excluding hydrogens is 222 g/mol. The summed E-state index contributed by atoms with van der Waals surface area (Å²) in [5, 5.41) is 8.93. The van der Waals surface area contributed by atoms with E-state index in [-0.39, 0.29) is 6.61 Å². The van der Waals surface area contributed by atoms with E-state index in [4.69, 9.17) is 5.11 Å². The predicted molar refractivity (Wildman–Crippen MR) is 79.4 cm³/mol. The SMILES string of the molecule is CCCCCCCCCCCCCC[NH3+].CC[O-]. The summed E-state index contributed by atoms with van der Waals surface area (Å²) in [5.74, 6) is 0. The lowest BCUT2D eigenvalue weighted by Crippen LogP contribution is -2.50. The highest BCUT2D eigenvalue weighted by Crippen LogP contribution is 2.11. The first-order valence-electron chi connectivity index (χ1n) is 8.20. The molecule has 0 heterocycles. The molecule has 0 bridgehead atoms. The van der Waals surface area contributed by atoms with Gasteiger partial charge in [0.1, 0.15) is 0 Å². The topological polar surface area (TPSA) is 50.7 Å². The van der Waals surface area contributed by atoms with Crippen LogP contribution < -0.4 is 10.8 Å². The van der Waals surface area contributed by atoms with Gasteiger partial charge in [-0.2, -0.15) is 0 Å². The molecule has 0 amide bonds. The van der Waals surface area contributed by atoms with Gasteiger partial charge in [-0.25, -0.2) is 0 Å². The van der Waals surface area contributed by atoms with Crippen molar-refractivity contribution >= 4 is 0 Å². The van der Waals surface area contributed by atoms with Crippen molar-refractivity contribution < 1.29 is 10.8 Å². The van der Waals surface area contributed by atoms with Crippen molar-refractivity contribution in [1.82, 2.24) is 0 Å². The molecule has 0 saturated heterocycles. The second-order valence-electron chi connectivity index (χ2n) is 5.03. The Morgan fingerprint density at radius 2 is 0.889 bits per heavy atom. The smallest absolute Gasteiger partial charge is 0.0739 e. The van der Waals surface area contributed by atoms with E-state index in [0.717, 1.165) is 6.54 Å². The fourth-order valence-corrected chi connectivity index (χ4v) is 2.02. The third kappa shape index (κ3) is 24.9. The zero-order valence-electron chi connectivity index (χ0n) is 13.0. The van der Waals surface area contributed by atoms with Crippen LogP contribution in [0.15, 0.2) is 0 Å². The molecule has 0 aromatic rings. The summed E-state index contributed by atoms with van der Waals surface area (Å²) in [6, 6.07) is 0. The average Bonchev–Trinajstić information content (AvgIpc) is 2.37. The Bertz CT molecular complexity index is 106. The molecule has 3 N–H and O–H groups in total. The highest BCUT2D eigenvalue weighted by atomic mass is 16.2. The van der Waals surface area contributed by atoms with Crippen molar-refractivity contribution in [2.75, 3.05) is 13.2 Å². The van der Waals surface area contributed by atoms with Crippen LogP contribution in [0, 0.1) is 0 Å². The van der Waals surface area contributed by atoms with Gasteiger partial charge in [0, 0.05) is 0 Å².